The number of hydrogen-bond donors (Lipinski definition) is 0. The normalized spacial score (nSPS) is 18.3. The van der Waals surface area contributed by atoms with Gasteiger partial charge in [0, 0.05) is 25.4 Å². The van der Waals surface area contributed by atoms with Gasteiger partial charge >= 0.3 is 0 Å². The van der Waals surface area contributed by atoms with E-state index in [0.29, 0.717) is 32.1 Å². The van der Waals surface area contributed by atoms with Crippen LogP contribution in [0.3, 0.4) is 0 Å². The second-order valence-electron chi connectivity index (χ2n) is 6.24. The van der Waals surface area contributed by atoms with Gasteiger partial charge in [-0.25, -0.2) is 16.8 Å². The van der Waals surface area contributed by atoms with E-state index in [1.165, 1.54) is 16.4 Å². The lowest BCUT2D eigenvalue weighted by molar-refractivity contribution is 0.181. The van der Waals surface area contributed by atoms with Crippen molar-refractivity contribution in [1.82, 2.24) is 4.31 Å². The third-order valence-electron chi connectivity index (χ3n) is 4.40. The standard InChI is InChI=1S/C17H27NO6S2/c1-3-18(13-15-9-10-23-14-15)26(21,22)17-7-5-16(6-8-17)24-11-12-25(19,20)4-2/h5-8,15H,3-4,9-14H2,1-2H3. The number of ether oxygens (including phenoxy) is 2. The monoisotopic (exact) mass is 405 g/mol. The van der Waals surface area contributed by atoms with Crippen LogP contribution < -0.4 is 4.74 Å². The van der Waals surface area contributed by atoms with Gasteiger partial charge in [0.25, 0.3) is 0 Å². The van der Waals surface area contributed by atoms with Crippen LogP contribution >= 0.6 is 0 Å². The molecule has 9 heteroatoms. The first-order valence-corrected chi connectivity index (χ1v) is 12.1. The van der Waals surface area contributed by atoms with Gasteiger partial charge in [-0.2, -0.15) is 4.31 Å². The van der Waals surface area contributed by atoms with Crippen LogP contribution in [-0.2, 0) is 24.6 Å². The Labute approximate surface area is 156 Å². The zero-order chi connectivity index (χ0) is 19.2. The Hall–Kier alpha value is -1.16. The van der Waals surface area contributed by atoms with E-state index in [0.717, 1.165) is 6.42 Å². The number of rotatable bonds is 10. The average Bonchev–Trinajstić information content (AvgIpc) is 3.13. The van der Waals surface area contributed by atoms with Crippen molar-refractivity contribution in [2.75, 3.05) is 44.4 Å². The van der Waals surface area contributed by atoms with Crippen molar-refractivity contribution in [3.63, 3.8) is 0 Å². The smallest absolute Gasteiger partial charge is 0.243 e. The molecule has 0 radical (unpaired) electrons. The van der Waals surface area contributed by atoms with E-state index in [1.54, 1.807) is 19.1 Å². The molecule has 2 rings (SSSR count). The first-order chi connectivity index (χ1) is 12.3. The number of benzene rings is 1. The second-order valence-corrected chi connectivity index (χ2v) is 10.7. The molecule has 7 nitrogen and oxygen atoms in total. The highest BCUT2D eigenvalue weighted by molar-refractivity contribution is 7.91. The van der Waals surface area contributed by atoms with Crippen LogP contribution in [0.4, 0.5) is 0 Å². The summed E-state index contributed by atoms with van der Waals surface area (Å²) in [6.07, 6.45) is 0.874. The van der Waals surface area contributed by atoms with Gasteiger partial charge in [-0.15, -0.1) is 0 Å². The van der Waals surface area contributed by atoms with E-state index in [-0.39, 0.29) is 28.9 Å². The highest BCUT2D eigenvalue weighted by atomic mass is 32.2. The first-order valence-electron chi connectivity index (χ1n) is 8.79. The van der Waals surface area contributed by atoms with Crippen LogP contribution in [0.2, 0.25) is 0 Å². The van der Waals surface area contributed by atoms with Gasteiger partial charge in [0.1, 0.15) is 12.4 Å². The molecule has 0 saturated carbocycles. The zero-order valence-electron chi connectivity index (χ0n) is 15.3. The molecule has 26 heavy (non-hydrogen) atoms. The van der Waals surface area contributed by atoms with Crippen molar-refractivity contribution in [2.45, 2.75) is 25.2 Å². The third kappa shape index (κ3) is 5.67. The Balaban J connectivity index is 2.00. The van der Waals surface area contributed by atoms with E-state index in [4.69, 9.17) is 9.47 Å². The van der Waals surface area contributed by atoms with Crippen molar-refractivity contribution in [3.8, 4) is 5.75 Å². The summed E-state index contributed by atoms with van der Waals surface area (Å²) in [5.74, 6) is 0.693. The first kappa shape index (κ1) is 21.1. The molecular weight excluding hydrogens is 378 g/mol. The lowest BCUT2D eigenvalue weighted by Gasteiger charge is -2.23. The van der Waals surface area contributed by atoms with Crippen molar-refractivity contribution in [3.05, 3.63) is 24.3 Å². The van der Waals surface area contributed by atoms with E-state index in [1.807, 2.05) is 6.92 Å². The minimum atomic E-state index is -3.58. The second kappa shape index (κ2) is 9.16. The van der Waals surface area contributed by atoms with Crippen molar-refractivity contribution >= 4 is 19.9 Å². The largest absolute Gasteiger partial charge is 0.493 e. The topological polar surface area (TPSA) is 90.0 Å². The minimum Gasteiger partial charge on any atom is -0.493 e. The fraction of sp³-hybridized carbons (Fsp3) is 0.647. The molecule has 1 heterocycles. The summed E-state index contributed by atoms with van der Waals surface area (Å²) >= 11 is 0. The van der Waals surface area contributed by atoms with Crippen molar-refractivity contribution in [1.29, 1.82) is 0 Å². The Morgan fingerprint density at radius 2 is 1.85 bits per heavy atom. The van der Waals surface area contributed by atoms with E-state index in [2.05, 4.69) is 0 Å². The Morgan fingerprint density at radius 1 is 1.15 bits per heavy atom. The van der Waals surface area contributed by atoms with E-state index in [9.17, 15) is 16.8 Å². The molecule has 1 aromatic carbocycles. The molecule has 0 amide bonds. The molecule has 148 valence electrons. The van der Waals surface area contributed by atoms with Gasteiger partial charge in [-0.1, -0.05) is 13.8 Å². The minimum absolute atomic E-state index is 0.0467. The number of sulfone groups is 1. The number of sulfonamides is 1. The number of nitrogens with zero attached hydrogens (tertiary/aromatic N) is 1. The molecule has 0 aromatic heterocycles. The molecule has 0 spiro atoms. The Kier molecular flexibility index (Phi) is 7.45. The maximum atomic E-state index is 12.8. The van der Waals surface area contributed by atoms with Crippen LogP contribution in [0, 0.1) is 5.92 Å². The SMILES string of the molecule is CCN(CC1CCOC1)S(=O)(=O)c1ccc(OCCS(=O)(=O)CC)cc1. The van der Waals surface area contributed by atoms with Crippen molar-refractivity contribution in [2.24, 2.45) is 5.92 Å². The van der Waals surface area contributed by atoms with Gasteiger partial charge in [0.05, 0.1) is 17.3 Å². The molecule has 0 bridgehead atoms. The van der Waals surface area contributed by atoms with Crippen molar-refractivity contribution < 1.29 is 26.3 Å². The van der Waals surface area contributed by atoms with Gasteiger partial charge in [-0.3, -0.25) is 0 Å². The molecule has 1 atom stereocenters. The van der Waals surface area contributed by atoms with Crippen LogP contribution in [0.25, 0.3) is 0 Å². The summed E-state index contributed by atoms with van der Waals surface area (Å²) < 4.78 is 60.7. The van der Waals surface area contributed by atoms with Gasteiger partial charge in [-0.05, 0) is 36.6 Å². The lowest BCUT2D eigenvalue weighted by Crippen LogP contribution is -2.35. The zero-order valence-corrected chi connectivity index (χ0v) is 16.9. The predicted octanol–water partition coefficient (Wildman–Crippen LogP) is 1.55. The van der Waals surface area contributed by atoms with Crippen LogP contribution in [0.5, 0.6) is 5.75 Å². The summed E-state index contributed by atoms with van der Waals surface area (Å²) in [6, 6.07) is 6.09. The molecule has 1 saturated heterocycles. The van der Waals surface area contributed by atoms with Crippen LogP contribution in [0.1, 0.15) is 20.3 Å². The Bertz CT molecular complexity index is 768. The van der Waals surface area contributed by atoms with Crippen LogP contribution in [-0.4, -0.2) is 65.6 Å². The average molecular weight is 406 g/mol. The quantitative estimate of drug-likeness (QED) is 0.587. The molecule has 0 N–H and O–H groups in total. The highest BCUT2D eigenvalue weighted by Crippen LogP contribution is 2.22. The Morgan fingerprint density at radius 3 is 2.38 bits per heavy atom. The third-order valence-corrected chi connectivity index (χ3v) is 8.03. The molecule has 0 aliphatic carbocycles. The van der Waals surface area contributed by atoms with Gasteiger partial charge < -0.3 is 9.47 Å². The highest BCUT2D eigenvalue weighted by Gasteiger charge is 2.27. The number of hydrogen-bond acceptors (Lipinski definition) is 6. The molecule has 1 aromatic rings. The molecule has 1 aliphatic heterocycles. The van der Waals surface area contributed by atoms with Gasteiger partial charge in [0.2, 0.25) is 10.0 Å². The van der Waals surface area contributed by atoms with E-state index >= 15 is 0 Å². The summed E-state index contributed by atoms with van der Waals surface area (Å²) in [7, 11) is -6.66. The maximum Gasteiger partial charge on any atom is 0.243 e. The van der Waals surface area contributed by atoms with Gasteiger partial charge in [0.15, 0.2) is 9.84 Å². The lowest BCUT2D eigenvalue weighted by atomic mass is 10.1. The summed E-state index contributed by atoms with van der Waals surface area (Å²) in [4.78, 5) is 0.201. The molecular formula is C17H27NO6S2. The summed E-state index contributed by atoms with van der Waals surface area (Å²) in [5.41, 5.74) is 0. The fourth-order valence-electron chi connectivity index (χ4n) is 2.70. The fourth-order valence-corrected chi connectivity index (χ4v) is 4.85. The molecule has 1 unspecified atom stereocenters. The predicted molar refractivity (Wildman–Crippen MR) is 99.6 cm³/mol. The summed E-state index contributed by atoms with van der Waals surface area (Å²) in [5, 5.41) is 0. The molecule has 1 fully saturated rings. The maximum absolute atomic E-state index is 12.8. The molecule has 1 aliphatic rings. The summed E-state index contributed by atoms with van der Waals surface area (Å²) in [6.45, 7) is 5.58. The van der Waals surface area contributed by atoms with E-state index < -0.39 is 19.9 Å². The van der Waals surface area contributed by atoms with Crippen LogP contribution in [0.15, 0.2) is 29.2 Å².